The van der Waals surface area contributed by atoms with Crippen molar-refractivity contribution in [2.24, 2.45) is 0 Å². The second-order valence-corrected chi connectivity index (χ2v) is 16.2. The van der Waals surface area contributed by atoms with Gasteiger partial charge in [-0.05, 0) is 129 Å². The topological polar surface area (TPSA) is 51.6 Å². The Balaban J connectivity index is 0.943. The Morgan fingerprint density at radius 1 is 0.242 bits per heavy atom. The molecule has 0 aliphatic carbocycles. The fourth-order valence-corrected chi connectivity index (χ4v) is 9.71. The van der Waals surface area contributed by atoms with Crippen LogP contribution in [0.2, 0.25) is 0 Å². The van der Waals surface area contributed by atoms with Gasteiger partial charge < -0.3 is 0 Å². The first-order chi connectivity index (χ1) is 30.7. The molecule has 0 radical (unpaired) electrons. The van der Waals surface area contributed by atoms with Gasteiger partial charge in [-0.1, -0.05) is 158 Å². The van der Waals surface area contributed by atoms with E-state index < -0.39 is 0 Å². The van der Waals surface area contributed by atoms with Crippen LogP contribution in [0.1, 0.15) is 0 Å². The highest BCUT2D eigenvalue weighted by Gasteiger charge is 2.17. The predicted octanol–water partition coefficient (Wildman–Crippen LogP) is 15.1. The highest BCUT2D eigenvalue weighted by atomic mass is 15.0. The molecule has 13 aromatic rings. The zero-order chi connectivity index (χ0) is 40.7. The van der Waals surface area contributed by atoms with Gasteiger partial charge in [0.2, 0.25) is 0 Å². The molecule has 4 heteroatoms. The number of rotatable bonds is 5. The summed E-state index contributed by atoms with van der Waals surface area (Å²) >= 11 is 0. The third-order valence-electron chi connectivity index (χ3n) is 12.6. The van der Waals surface area contributed by atoms with Crippen LogP contribution in [0.4, 0.5) is 0 Å². The molecule has 0 saturated heterocycles. The van der Waals surface area contributed by atoms with Crippen LogP contribution < -0.4 is 0 Å². The predicted molar refractivity (Wildman–Crippen MR) is 259 cm³/mol. The van der Waals surface area contributed by atoms with Gasteiger partial charge in [0.25, 0.3) is 0 Å². The molecule has 286 valence electrons. The van der Waals surface area contributed by atoms with Crippen LogP contribution in [-0.4, -0.2) is 19.9 Å². The first-order valence-corrected chi connectivity index (χ1v) is 21.0. The van der Waals surface area contributed by atoms with Crippen molar-refractivity contribution in [1.82, 2.24) is 19.9 Å². The van der Waals surface area contributed by atoms with Gasteiger partial charge >= 0.3 is 0 Å². The Hall–Kier alpha value is -8.34. The van der Waals surface area contributed by atoms with E-state index in [0.29, 0.717) is 17.5 Å². The second kappa shape index (κ2) is 13.6. The summed E-state index contributed by atoms with van der Waals surface area (Å²) in [5, 5.41) is 16.4. The molecule has 0 bridgehead atoms. The number of benzene rings is 10. The molecule has 0 aliphatic rings. The molecule has 0 aliphatic heterocycles. The minimum atomic E-state index is 0.624. The first-order valence-electron chi connectivity index (χ1n) is 21.0. The Kier molecular flexibility index (Phi) is 7.57. The van der Waals surface area contributed by atoms with Crippen LogP contribution in [0.25, 0.3) is 132 Å². The van der Waals surface area contributed by atoms with E-state index in [1.165, 1.54) is 75.8 Å². The summed E-state index contributed by atoms with van der Waals surface area (Å²) in [4.78, 5) is 19.5. The Bertz CT molecular complexity index is 3910. The molecular weight excluding hydrogens is 753 g/mol. The lowest BCUT2D eigenvalue weighted by Crippen LogP contribution is -2.00. The molecule has 0 spiro atoms. The normalized spacial score (nSPS) is 11.9. The van der Waals surface area contributed by atoms with Crippen molar-refractivity contribution in [3.8, 4) is 56.4 Å². The van der Waals surface area contributed by atoms with Crippen LogP contribution in [0.5, 0.6) is 0 Å². The number of hydrogen-bond donors (Lipinski definition) is 0. The molecule has 11 aromatic carbocycles. The maximum Gasteiger partial charge on any atom is 0.164 e. The summed E-state index contributed by atoms with van der Waals surface area (Å²) in [6.07, 6.45) is 1.81. The lowest BCUT2D eigenvalue weighted by Gasteiger charge is -2.17. The smallest absolute Gasteiger partial charge is 0.164 e. The number of aromatic nitrogens is 4. The van der Waals surface area contributed by atoms with E-state index in [1.54, 1.807) is 0 Å². The minimum Gasteiger partial charge on any atom is -0.256 e. The van der Waals surface area contributed by atoms with Crippen LogP contribution in [0, 0.1) is 0 Å². The largest absolute Gasteiger partial charge is 0.256 e. The van der Waals surface area contributed by atoms with Crippen molar-refractivity contribution in [2.45, 2.75) is 0 Å². The number of fused-ring (bicyclic) bond motifs is 3. The number of hydrogen-bond acceptors (Lipinski definition) is 4. The molecule has 0 unspecified atom stereocenters. The average molecular weight is 787 g/mol. The van der Waals surface area contributed by atoms with Crippen LogP contribution in [0.15, 0.2) is 206 Å². The van der Waals surface area contributed by atoms with Gasteiger partial charge in [-0.2, -0.15) is 0 Å². The molecule has 4 nitrogen and oxygen atoms in total. The molecule has 0 amide bonds. The third kappa shape index (κ3) is 5.47. The molecule has 2 heterocycles. The molecule has 0 N–H and O–H groups in total. The van der Waals surface area contributed by atoms with E-state index in [4.69, 9.17) is 15.0 Å². The van der Waals surface area contributed by atoms with Crippen molar-refractivity contribution in [3.63, 3.8) is 0 Å². The second-order valence-electron chi connectivity index (χ2n) is 16.2. The summed E-state index contributed by atoms with van der Waals surface area (Å²) in [5.74, 6) is 1.88. The van der Waals surface area contributed by atoms with E-state index >= 15 is 0 Å². The van der Waals surface area contributed by atoms with Crippen molar-refractivity contribution in [1.29, 1.82) is 0 Å². The van der Waals surface area contributed by atoms with E-state index in [-0.39, 0.29) is 0 Å². The molecule has 62 heavy (non-hydrogen) atoms. The van der Waals surface area contributed by atoms with Crippen LogP contribution in [-0.2, 0) is 0 Å². The zero-order valence-electron chi connectivity index (χ0n) is 33.4. The number of nitrogens with zero attached hydrogens (tertiary/aromatic N) is 4. The van der Waals surface area contributed by atoms with Crippen molar-refractivity contribution < 1.29 is 0 Å². The minimum absolute atomic E-state index is 0.624. The molecule has 0 atom stereocenters. The fourth-order valence-electron chi connectivity index (χ4n) is 9.71. The monoisotopic (exact) mass is 786 g/mol. The van der Waals surface area contributed by atoms with E-state index in [1.807, 2.05) is 54.7 Å². The average Bonchev–Trinajstić information content (AvgIpc) is 3.35. The molecule has 2 aromatic heterocycles. The van der Waals surface area contributed by atoms with Crippen molar-refractivity contribution in [3.05, 3.63) is 206 Å². The Morgan fingerprint density at radius 2 is 0.710 bits per heavy atom. The van der Waals surface area contributed by atoms with Crippen LogP contribution in [0.3, 0.4) is 0 Å². The maximum absolute atomic E-state index is 5.04. The SMILES string of the molecule is c1ccc(-c2nc(-c3ccc(-c4cccc(-c5cc6ccc7cccc8c9cccc%10ccc%11cccc(c(c5)c6c78)c%11c%109)c4)cc3)nc(-c3ccc4ncccc4c3)n2)cc1. The van der Waals surface area contributed by atoms with E-state index in [9.17, 15) is 0 Å². The van der Waals surface area contributed by atoms with E-state index in [0.717, 1.165) is 38.7 Å². The third-order valence-corrected chi connectivity index (χ3v) is 12.6. The lowest BCUT2D eigenvalue weighted by molar-refractivity contribution is 1.07. The van der Waals surface area contributed by atoms with Gasteiger partial charge in [-0.25, -0.2) is 15.0 Å². The quantitative estimate of drug-likeness (QED) is 0.163. The van der Waals surface area contributed by atoms with Gasteiger partial charge in [-0.3, -0.25) is 4.98 Å². The molecule has 13 rings (SSSR count). The fraction of sp³-hybridized carbons (Fsp3) is 0. The first kappa shape index (κ1) is 34.5. The molecular formula is C58H34N4. The summed E-state index contributed by atoms with van der Waals surface area (Å²) in [6, 6.07) is 72.0. The maximum atomic E-state index is 5.04. The van der Waals surface area contributed by atoms with E-state index in [2.05, 4.69) is 157 Å². The summed E-state index contributed by atoms with van der Waals surface area (Å²) in [7, 11) is 0. The standard InChI is InChI=1S/C58H34N4/c1-2-9-39(10-3-1)56-60-57(62-58(61-56)45-28-29-51-43(32-45)16-8-30-59-51)40-25-20-35(21-26-40)41-14-4-15-42(31-41)46-33-44-27-24-38-12-6-18-48-47-17-5-11-36-22-23-37-13-7-19-49(54(37)52(36)47)50(34-46)55(44)53(38)48/h1-34H. The van der Waals surface area contributed by atoms with Crippen molar-refractivity contribution >= 4 is 75.5 Å². The number of pyridine rings is 1. The van der Waals surface area contributed by atoms with Crippen molar-refractivity contribution in [2.75, 3.05) is 0 Å². The summed E-state index contributed by atoms with van der Waals surface area (Å²) in [5.41, 5.74) is 8.34. The Morgan fingerprint density at radius 3 is 1.37 bits per heavy atom. The van der Waals surface area contributed by atoms with Gasteiger partial charge in [0.15, 0.2) is 17.5 Å². The van der Waals surface area contributed by atoms with Gasteiger partial charge in [0.1, 0.15) is 0 Å². The molecule has 0 fully saturated rings. The van der Waals surface area contributed by atoms with Gasteiger partial charge in [0, 0.05) is 28.3 Å². The van der Waals surface area contributed by atoms with Crippen LogP contribution >= 0.6 is 0 Å². The molecule has 0 saturated carbocycles. The zero-order valence-corrected chi connectivity index (χ0v) is 33.4. The van der Waals surface area contributed by atoms with Gasteiger partial charge in [-0.15, -0.1) is 0 Å². The lowest BCUT2D eigenvalue weighted by atomic mass is 9.86. The Labute approximate surface area is 356 Å². The summed E-state index contributed by atoms with van der Waals surface area (Å²) in [6.45, 7) is 0. The highest BCUT2D eigenvalue weighted by molar-refractivity contribution is 6.37. The highest BCUT2D eigenvalue weighted by Crippen LogP contribution is 2.44. The summed E-state index contributed by atoms with van der Waals surface area (Å²) < 4.78 is 0. The van der Waals surface area contributed by atoms with Gasteiger partial charge in [0.05, 0.1) is 5.52 Å².